The van der Waals surface area contributed by atoms with E-state index >= 15 is 0 Å². The topological polar surface area (TPSA) is 69.6 Å². The number of hydrogen-bond donors (Lipinski definition) is 3. The lowest BCUT2D eigenvalue weighted by Crippen LogP contribution is -2.45. The monoisotopic (exact) mass is 533 g/mol. The number of rotatable bonds is 28. The van der Waals surface area contributed by atoms with Gasteiger partial charge >= 0.3 is 0 Å². The quantitative estimate of drug-likeness (QED) is 0.0693. The second-order valence-electron chi connectivity index (χ2n) is 10.9. The van der Waals surface area contributed by atoms with Gasteiger partial charge < -0.3 is 15.5 Å². The van der Waals surface area contributed by atoms with Crippen molar-refractivity contribution >= 4 is 5.91 Å². The van der Waals surface area contributed by atoms with Crippen LogP contribution in [-0.4, -0.2) is 34.9 Å². The summed E-state index contributed by atoms with van der Waals surface area (Å²) < 4.78 is 0. The molecule has 4 nitrogen and oxygen atoms in total. The lowest BCUT2D eigenvalue weighted by molar-refractivity contribution is -0.123. The zero-order valence-corrected chi connectivity index (χ0v) is 25.2. The van der Waals surface area contributed by atoms with Crippen LogP contribution in [0.1, 0.15) is 155 Å². The van der Waals surface area contributed by atoms with Gasteiger partial charge in [-0.1, -0.05) is 147 Å². The third-order valence-electron chi connectivity index (χ3n) is 7.08. The minimum Gasteiger partial charge on any atom is -0.394 e. The molecule has 0 aromatic carbocycles. The van der Waals surface area contributed by atoms with Gasteiger partial charge in [0.1, 0.15) is 0 Å². The van der Waals surface area contributed by atoms with E-state index in [9.17, 15) is 15.0 Å². The highest BCUT2D eigenvalue weighted by atomic mass is 16.3. The van der Waals surface area contributed by atoms with Crippen LogP contribution in [-0.2, 0) is 4.79 Å². The maximum atomic E-state index is 12.2. The Bertz CT molecular complexity index is 584. The molecule has 2 atom stereocenters. The Kier molecular flexibility index (Phi) is 29.1. The Morgan fingerprint density at radius 1 is 0.605 bits per heavy atom. The molecule has 0 spiro atoms. The molecule has 0 aliphatic rings. The van der Waals surface area contributed by atoms with Crippen molar-refractivity contribution in [3.8, 4) is 0 Å². The molecule has 0 aromatic heterocycles. The van der Waals surface area contributed by atoms with E-state index in [-0.39, 0.29) is 12.5 Å². The average Bonchev–Trinajstić information content (AvgIpc) is 2.92. The summed E-state index contributed by atoms with van der Waals surface area (Å²) in [6.45, 7) is 4.20. The number of allylic oxidation sites excluding steroid dienone is 5. The normalized spacial score (nSPS) is 13.7. The van der Waals surface area contributed by atoms with E-state index in [1.807, 2.05) is 6.08 Å². The third kappa shape index (κ3) is 26.2. The van der Waals surface area contributed by atoms with Gasteiger partial charge in [-0.25, -0.2) is 0 Å². The Hall–Kier alpha value is -1.39. The number of amides is 1. The number of hydrogen-bond acceptors (Lipinski definition) is 3. The number of aliphatic hydroxyl groups excluding tert-OH is 2. The average molecular weight is 534 g/mol. The van der Waals surface area contributed by atoms with Gasteiger partial charge in [0.25, 0.3) is 0 Å². The maximum absolute atomic E-state index is 12.2. The van der Waals surface area contributed by atoms with Crippen molar-refractivity contribution in [2.24, 2.45) is 0 Å². The fraction of sp³-hybridized carbons (Fsp3) is 0.794. The number of carbonyl (C=O) groups excluding carboxylic acids is 1. The largest absolute Gasteiger partial charge is 0.394 e. The molecule has 4 heteroatoms. The molecule has 0 aromatic rings. The van der Waals surface area contributed by atoms with Gasteiger partial charge in [-0.05, 0) is 38.5 Å². The predicted octanol–water partition coefficient (Wildman–Crippen LogP) is 9.12. The SMILES string of the molecule is CCC/C=C/CC/C=C/CC/C=C/C(O)C(CO)NC(=O)CCCCCCCCCCCCCCCCC. The molecular weight excluding hydrogens is 470 g/mol. The summed E-state index contributed by atoms with van der Waals surface area (Å²) in [7, 11) is 0. The Morgan fingerprint density at radius 3 is 1.47 bits per heavy atom. The summed E-state index contributed by atoms with van der Waals surface area (Å²) in [5.74, 6) is -0.0814. The summed E-state index contributed by atoms with van der Waals surface area (Å²) >= 11 is 0. The van der Waals surface area contributed by atoms with Crippen LogP contribution in [0.25, 0.3) is 0 Å². The van der Waals surface area contributed by atoms with E-state index in [2.05, 4.69) is 43.5 Å². The number of unbranched alkanes of at least 4 members (excludes halogenated alkanes) is 17. The molecular formula is C34H63NO3. The Labute approximate surface area is 236 Å². The van der Waals surface area contributed by atoms with Crippen LogP contribution in [0.5, 0.6) is 0 Å². The van der Waals surface area contributed by atoms with Crippen LogP contribution in [0.3, 0.4) is 0 Å². The molecule has 2 unspecified atom stereocenters. The molecule has 0 radical (unpaired) electrons. The number of aliphatic hydroxyl groups is 2. The van der Waals surface area contributed by atoms with E-state index in [0.717, 1.165) is 44.9 Å². The van der Waals surface area contributed by atoms with Crippen molar-refractivity contribution in [3.63, 3.8) is 0 Å². The van der Waals surface area contributed by atoms with E-state index in [1.165, 1.54) is 89.9 Å². The van der Waals surface area contributed by atoms with E-state index in [4.69, 9.17) is 0 Å². The molecule has 0 heterocycles. The summed E-state index contributed by atoms with van der Waals surface area (Å²) in [5, 5.41) is 22.7. The molecule has 3 N–H and O–H groups in total. The molecule has 0 saturated heterocycles. The molecule has 0 bridgehead atoms. The lowest BCUT2D eigenvalue weighted by atomic mass is 10.0. The summed E-state index contributed by atoms with van der Waals surface area (Å²) in [4.78, 5) is 12.2. The fourth-order valence-electron chi connectivity index (χ4n) is 4.57. The van der Waals surface area contributed by atoms with Crippen LogP contribution in [0, 0.1) is 0 Å². The number of carbonyl (C=O) groups is 1. The fourth-order valence-corrected chi connectivity index (χ4v) is 4.57. The highest BCUT2D eigenvalue weighted by Gasteiger charge is 2.17. The minimum atomic E-state index is -0.863. The van der Waals surface area contributed by atoms with Crippen molar-refractivity contribution < 1.29 is 15.0 Å². The summed E-state index contributed by atoms with van der Waals surface area (Å²) in [5.41, 5.74) is 0. The van der Waals surface area contributed by atoms with Gasteiger partial charge in [-0.2, -0.15) is 0 Å². The van der Waals surface area contributed by atoms with Gasteiger partial charge in [0.2, 0.25) is 5.91 Å². The highest BCUT2D eigenvalue weighted by Crippen LogP contribution is 2.14. The van der Waals surface area contributed by atoms with Gasteiger partial charge in [0.15, 0.2) is 0 Å². The summed E-state index contributed by atoms with van der Waals surface area (Å²) in [6.07, 6.45) is 37.9. The second-order valence-corrected chi connectivity index (χ2v) is 10.9. The molecule has 0 aliphatic carbocycles. The summed E-state index contributed by atoms with van der Waals surface area (Å²) in [6, 6.07) is -0.638. The maximum Gasteiger partial charge on any atom is 0.220 e. The first-order chi connectivity index (χ1) is 18.7. The molecule has 222 valence electrons. The Balaban J connectivity index is 3.69. The minimum absolute atomic E-state index is 0.0814. The molecule has 1 amide bonds. The smallest absolute Gasteiger partial charge is 0.220 e. The van der Waals surface area contributed by atoms with Gasteiger partial charge in [0, 0.05) is 6.42 Å². The Morgan fingerprint density at radius 2 is 1.03 bits per heavy atom. The molecule has 0 saturated carbocycles. The van der Waals surface area contributed by atoms with Crippen LogP contribution in [0.2, 0.25) is 0 Å². The van der Waals surface area contributed by atoms with Crippen molar-refractivity contribution in [1.82, 2.24) is 5.32 Å². The third-order valence-corrected chi connectivity index (χ3v) is 7.08. The highest BCUT2D eigenvalue weighted by molar-refractivity contribution is 5.76. The van der Waals surface area contributed by atoms with Crippen molar-refractivity contribution in [3.05, 3.63) is 36.5 Å². The lowest BCUT2D eigenvalue weighted by Gasteiger charge is -2.19. The van der Waals surface area contributed by atoms with Crippen LogP contribution >= 0.6 is 0 Å². The van der Waals surface area contributed by atoms with Crippen molar-refractivity contribution in [1.29, 1.82) is 0 Å². The van der Waals surface area contributed by atoms with Crippen LogP contribution in [0.4, 0.5) is 0 Å². The molecule has 0 aliphatic heterocycles. The molecule has 0 rings (SSSR count). The van der Waals surface area contributed by atoms with E-state index < -0.39 is 12.1 Å². The zero-order valence-electron chi connectivity index (χ0n) is 25.2. The van der Waals surface area contributed by atoms with E-state index in [0.29, 0.717) is 6.42 Å². The van der Waals surface area contributed by atoms with E-state index in [1.54, 1.807) is 6.08 Å². The van der Waals surface area contributed by atoms with Gasteiger partial charge in [-0.3, -0.25) is 4.79 Å². The second kappa shape index (κ2) is 30.2. The standard InChI is InChI=1S/C34H63NO3/c1-3-5-7-9-11-13-15-16-17-18-20-22-24-26-28-30-34(38)35-32(31-36)33(37)29-27-25-23-21-19-14-12-10-8-6-4-2/h8,10,19,21,27,29,32-33,36-37H,3-7,9,11-18,20,22-26,28,30-31H2,1-2H3,(H,35,38)/b10-8+,21-19+,29-27+. The van der Waals surface area contributed by atoms with Gasteiger partial charge in [0.05, 0.1) is 18.8 Å². The molecule has 0 fully saturated rings. The number of nitrogens with one attached hydrogen (secondary N) is 1. The van der Waals surface area contributed by atoms with Crippen molar-refractivity contribution in [2.45, 2.75) is 167 Å². The first kappa shape index (κ1) is 36.6. The molecule has 38 heavy (non-hydrogen) atoms. The van der Waals surface area contributed by atoms with Crippen LogP contribution < -0.4 is 5.32 Å². The first-order valence-corrected chi connectivity index (χ1v) is 16.2. The van der Waals surface area contributed by atoms with Crippen molar-refractivity contribution in [2.75, 3.05) is 6.61 Å². The van der Waals surface area contributed by atoms with Crippen LogP contribution in [0.15, 0.2) is 36.5 Å². The predicted molar refractivity (Wildman–Crippen MR) is 165 cm³/mol. The zero-order chi connectivity index (χ0) is 27.9. The van der Waals surface area contributed by atoms with Gasteiger partial charge in [-0.15, -0.1) is 0 Å². The first-order valence-electron chi connectivity index (χ1n) is 16.2.